The van der Waals surface area contributed by atoms with Gasteiger partial charge in [-0.3, -0.25) is 4.79 Å². The molecule has 3 heteroatoms. The smallest absolute Gasteiger partial charge is 0.304 e. The number of ether oxygens (including phenoxy) is 1. The summed E-state index contributed by atoms with van der Waals surface area (Å²) in [5.41, 5.74) is 2.09. The molecule has 0 atom stereocenters. The van der Waals surface area contributed by atoms with Gasteiger partial charge in [0.2, 0.25) is 0 Å². The fourth-order valence-electron chi connectivity index (χ4n) is 2.22. The molecule has 1 aromatic rings. The van der Waals surface area contributed by atoms with Crippen LogP contribution in [-0.2, 0) is 10.2 Å². The van der Waals surface area contributed by atoms with E-state index in [1.807, 2.05) is 19.1 Å². The Kier molecular flexibility index (Phi) is 2.62. The molecule has 0 unspecified atom stereocenters. The molecule has 1 aromatic carbocycles. The van der Waals surface area contributed by atoms with Gasteiger partial charge in [-0.05, 0) is 37.0 Å². The van der Waals surface area contributed by atoms with Crippen LogP contribution in [0, 0.1) is 6.92 Å². The molecule has 0 amide bonds. The van der Waals surface area contributed by atoms with Crippen molar-refractivity contribution in [3.63, 3.8) is 0 Å². The van der Waals surface area contributed by atoms with E-state index in [0.717, 1.165) is 29.7 Å². The van der Waals surface area contributed by atoms with Gasteiger partial charge in [0.15, 0.2) is 0 Å². The SMILES string of the molecule is COc1ccc(C2(CC(=O)O)CC2)cc1C. The summed E-state index contributed by atoms with van der Waals surface area (Å²) in [6, 6.07) is 5.96. The number of hydrogen-bond donors (Lipinski definition) is 1. The molecule has 0 aliphatic heterocycles. The van der Waals surface area contributed by atoms with E-state index in [1.54, 1.807) is 7.11 Å². The third-order valence-corrected chi connectivity index (χ3v) is 3.35. The summed E-state index contributed by atoms with van der Waals surface area (Å²) in [4.78, 5) is 10.8. The molecule has 86 valence electrons. The summed E-state index contributed by atoms with van der Waals surface area (Å²) >= 11 is 0. The van der Waals surface area contributed by atoms with Gasteiger partial charge >= 0.3 is 5.97 Å². The van der Waals surface area contributed by atoms with Crippen LogP contribution in [0.2, 0.25) is 0 Å². The molecule has 0 radical (unpaired) electrons. The third-order valence-electron chi connectivity index (χ3n) is 3.35. The quantitative estimate of drug-likeness (QED) is 0.848. The number of carbonyl (C=O) groups is 1. The lowest BCUT2D eigenvalue weighted by Gasteiger charge is -2.15. The zero-order valence-electron chi connectivity index (χ0n) is 9.62. The Morgan fingerprint density at radius 1 is 1.50 bits per heavy atom. The van der Waals surface area contributed by atoms with Gasteiger partial charge in [0, 0.05) is 5.41 Å². The molecule has 16 heavy (non-hydrogen) atoms. The summed E-state index contributed by atoms with van der Waals surface area (Å²) in [6.07, 6.45) is 2.19. The Labute approximate surface area is 95.0 Å². The first-order chi connectivity index (χ1) is 7.57. The molecule has 3 nitrogen and oxygen atoms in total. The van der Waals surface area contributed by atoms with Crippen LogP contribution >= 0.6 is 0 Å². The van der Waals surface area contributed by atoms with Gasteiger partial charge in [-0.15, -0.1) is 0 Å². The Bertz CT molecular complexity index is 419. The zero-order valence-corrected chi connectivity index (χ0v) is 9.62. The van der Waals surface area contributed by atoms with Gasteiger partial charge in [0.25, 0.3) is 0 Å². The lowest BCUT2D eigenvalue weighted by Crippen LogP contribution is -2.13. The predicted octanol–water partition coefficient (Wildman–Crippen LogP) is 2.51. The maximum absolute atomic E-state index is 10.8. The summed E-state index contributed by atoms with van der Waals surface area (Å²) in [5.74, 6) is 0.140. The lowest BCUT2D eigenvalue weighted by atomic mass is 9.91. The van der Waals surface area contributed by atoms with Gasteiger partial charge in [-0.1, -0.05) is 12.1 Å². The second kappa shape index (κ2) is 3.81. The van der Waals surface area contributed by atoms with Crippen LogP contribution in [0.25, 0.3) is 0 Å². The van der Waals surface area contributed by atoms with E-state index >= 15 is 0 Å². The molecule has 0 bridgehead atoms. The van der Waals surface area contributed by atoms with Crippen LogP contribution in [0.3, 0.4) is 0 Å². The molecule has 0 spiro atoms. The summed E-state index contributed by atoms with van der Waals surface area (Å²) in [6.45, 7) is 1.99. The highest BCUT2D eigenvalue weighted by molar-refractivity contribution is 5.70. The fraction of sp³-hybridized carbons (Fsp3) is 0.462. The van der Waals surface area contributed by atoms with Crippen molar-refractivity contribution < 1.29 is 14.6 Å². The molecular formula is C13H16O3. The largest absolute Gasteiger partial charge is 0.496 e. The van der Waals surface area contributed by atoms with E-state index in [4.69, 9.17) is 9.84 Å². The average molecular weight is 220 g/mol. The van der Waals surface area contributed by atoms with Crippen molar-refractivity contribution >= 4 is 5.97 Å². The molecule has 0 heterocycles. The van der Waals surface area contributed by atoms with Crippen LogP contribution in [-0.4, -0.2) is 18.2 Å². The Morgan fingerprint density at radius 3 is 2.62 bits per heavy atom. The monoisotopic (exact) mass is 220 g/mol. The van der Waals surface area contributed by atoms with Gasteiger partial charge in [-0.25, -0.2) is 0 Å². The standard InChI is InChI=1S/C13H16O3/c1-9-7-10(3-4-11(9)16-2)13(5-6-13)8-12(14)15/h3-4,7H,5-6,8H2,1-2H3,(H,14,15). The zero-order chi connectivity index (χ0) is 11.8. The van der Waals surface area contributed by atoms with Crippen molar-refractivity contribution in [1.29, 1.82) is 0 Å². The van der Waals surface area contributed by atoms with E-state index in [0.29, 0.717) is 0 Å². The van der Waals surface area contributed by atoms with Gasteiger partial charge in [0.05, 0.1) is 13.5 Å². The number of hydrogen-bond acceptors (Lipinski definition) is 2. The number of benzene rings is 1. The summed E-state index contributed by atoms with van der Waals surface area (Å²) in [5, 5.41) is 8.90. The number of carboxylic acid groups (broad SMARTS) is 1. The van der Waals surface area contributed by atoms with Gasteiger partial charge < -0.3 is 9.84 Å². The number of aryl methyl sites for hydroxylation is 1. The molecular weight excluding hydrogens is 204 g/mol. The number of carboxylic acids is 1. The van der Waals surface area contributed by atoms with Crippen LogP contribution in [0.15, 0.2) is 18.2 Å². The minimum Gasteiger partial charge on any atom is -0.496 e. The highest BCUT2D eigenvalue weighted by Crippen LogP contribution is 2.51. The molecule has 1 N–H and O–H groups in total. The molecule has 0 aromatic heterocycles. The van der Waals surface area contributed by atoms with Crippen molar-refractivity contribution in [3.8, 4) is 5.75 Å². The Morgan fingerprint density at radius 2 is 2.19 bits per heavy atom. The Hall–Kier alpha value is -1.51. The van der Waals surface area contributed by atoms with Crippen LogP contribution in [0.4, 0.5) is 0 Å². The molecule has 1 saturated carbocycles. The van der Waals surface area contributed by atoms with Crippen molar-refractivity contribution in [1.82, 2.24) is 0 Å². The first-order valence-electron chi connectivity index (χ1n) is 5.44. The molecule has 1 aliphatic rings. The van der Waals surface area contributed by atoms with Crippen LogP contribution in [0.5, 0.6) is 5.75 Å². The van der Waals surface area contributed by atoms with Crippen LogP contribution < -0.4 is 4.74 Å². The highest BCUT2D eigenvalue weighted by atomic mass is 16.5. The maximum atomic E-state index is 10.8. The van der Waals surface area contributed by atoms with Crippen molar-refractivity contribution in [2.24, 2.45) is 0 Å². The van der Waals surface area contributed by atoms with E-state index in [-0.39, 0.29) is 11.8 Å². The second-order valence-electron chi connectivity index (χ2n) is 4.54. The minimum atomic E-state index is -0.717. The predicted molar refractivity (Wildman–Crippen MR) is 60.9 cm³/mol. The van der Waals surface area contributed by atoms with E-state index in [1.165, 1.54) is 0 Å². The first-order valence-corrected chi connectivity index (χ1v) is 5.44. The normalized spacial score (nSPS) is 16.9. The van der Waals surface area contributed by atoms with Crippen molar-refractivity contribution in [2.75, 3.05) is 7.11 Å². The molecule has 0 saturated heterocycles. The van der Waals surface area contributed by atoms with E-state index in [9.17, 15) is 4.79 Å². The minimum absolute atomic E-state index is 0.108. The second-order valence-corrected chi connectivity index (χ2v) is 4.54. The van der Waals surface area contributed by atoms with E-state index < -0.39 is 5.97 Å². The van der Waals surface area contributed by atoms with E-state index in [2.05, 4.69) is 6.07 Å². The van der Waals surface area contributed by atoms with Gasteiger partial charge in [0.1, 0.15) is 5.75 Å². The lowest BCUT2D eigenvalue weighted by molar-refractivity contribution is -0.137. The van der Waals surface area contributed by atoms with Crippen molar-refractivity contribution in [3.05, 3.63) is 29.3 Å². The first kappa shape index (κ1) is 11.0. The fourth-order valence-corrected chi connectivity index (χ4v) is 2.22. The number of aliphatic carboxylic acids is 1. The topological polar surface area (TPSA) is 46.5 Å². The number of rotatable bonds is 4. The highest BCUT2D eigenvalue weighted by Gasteiger charge is 2.46. The molecule has 1 fully saturated rings. The molecule has 1 aliphatic carbocycles. The Balaban J connectivity index is 2.28. The summed E-state index contributed by atoms with van der Waals surface area (Å²) < 4.78 is 5.20. The van der Waals surface area contributed by atoms with Gasteiger partial charge in [-0.2, -0.15) is 0 Å². The summed E-state index contributed by atoms with van der Waals surface area (Å²) in [7, 11) is 1.64. The average Bonchev–Trinajstić information content (AvgIpc) is 2.98. The third kappa shape index (κ3) is 1.90. The maximum Gasteiger partial charge on any atom is 0.304 e. The molecule has 2 rings (SSSR count). The number of methoxy groups -OCH3 is 1. The van der Waals surface area contributed by atoms with Crippen molar-refractivity contribution in [2.45, 2.75) is 31.6 Å². The van der Waals surface area contributed by atoms with Crippen LogP contribution in [0.1, 0.15) is 30.4 Å².